The zero-order valence-electron chi connectivity index (χ0n) is 21.6. The molecule has 2 N–H and O–H groups in total. The number of carbonyl (C=O) groups is 3. The highest BCUT2D eigenvalue weighted by atomic mass is 35.5. The van der Waals surface area contributed by atoms with Crippen molar-refractivity contribution in [2.45, 2.75) is 65.1 Å². The second-order valence-corrected chi connectivity index (χ2v) is 9.94. The van der Waals surface area contributed by atoms with E-state index in [9.17, 15) is 14.4 Å². The summed E-state index contributed by atoms with van der Waals surface area (Å²) in [6.07, 6.45) is 0.497. The quantitative estimate of drug-likeness (QED) is 0.348. The van der Waals surface area contributed by atoms with Gasteiger partial charge in [0.05, 0.1) is 0 Å². The first-order valence-corrected chi connectivity index (χ1v) is 12.6. The smallest absolute Gasteiger partial charge is 0.247 e. The number of rotatable bonds is 11. The molecule has 8 nitrogen and oxygen atoms in total. The second kappa shape index (κ2) is 12.5. The van der Waals surface area contributed by atoms with E-state index in [1.807, 2.05) is 51.1 Å². The molecule has 1 atom stereocenters. The van der Waals surface area contributed by atoms with Crippen molar-refractivity contribution < 1.29 is 18.9 Å². The molecule has 0 radical (unpaired) electrons. The lowest BCUT2D eigenvalue weighted by Crippen LogP contribution is -2.50. The van der Waals surface area contributed by atoms with Crippen molar-refractivity contribution in [2.75, 3.05) is 5.32 Å². The fourth-order valence-electron chi connectivity index (χ4n) is 3.74. The van der Waals surface area contributed by atoms with E-state index >= 15 is 0 Å². The molecular weight excluding hydrogens is 492 g/mol. The first-order chi connectivity index (χ1) is 17.6. The largest absolute Gasteiger partial charge is 0.360 e. The minimum atomic E-state index is -0.992. The molecule has 0 aliphatic rings. The van der Waals surface area contributed by atoms with Gasteiger partial charge in [0.15, 0.2) is 5.82 Å². The number of anilines is 1. The summed E-state index contributed by atoms with van der Waals surface area (Å²) in [6.45, 7) is 7.71. The van der Waals surface area contributed by atoms with Gasteiger partial charge in [0, 0.05) is 41.6 Å². The number of nitrogens with one attached hydrogen (secondary N) is 2. The molecule has 1 aromatic heterocycles. The molecule has 0 saturated carbocycles. The number of carbonyl (C=O) groups excluding carboxylic acids is 3. The van der Waals surface area contributed by atoms with Crippen LogP contribution in [0.2, 0.25) is 5.02 Å². The highest BCUT2D eigenvalue weighted by Gasteiger charge is 2.35. The van der Waals surface area contributed by atoms with Gasteiger partial charge in [0.25, 0.3) is 0 Å². The van der Waals surface area contributed by atoms with E-state index in [4.69, 9.17) is 16.1 Å². The van der Waals surface area contributed by atoms with E-state index in [0.717, 1.165) is 5.56 Å². The third-order valence-corrected chi connectivity index (χ3v) is 6.43. The molecule has 2 aromatic carbocycles. The van der Waals surface area contributed by atoms with Crippen LogP contribution in [0.3, 0.4) is 0 Å². The molecule has 0 aliphatic heterocycles. The van der Waals surface area contributed by atoms with Crippen LogP contribution in [0.5, 0.6) is 0 Å². The average Bonchev–Trinajstić information content (AvgIpc) is 3.27. The van der Waals surface area contributed by atoms with Crippen LogP contribution >= 0.6 is 11.6 Å². The van der Waals surface area contributed by atoms with Gasteiger partial charge >= 0.3 is 0 Å². The summed E-state index contributed by atoms with van der Waals surface area (Å²) in [5, 5.41) is 9.81. The number of aryl methyl sites for hydroxylation is 1. The molecule has 196 valence electrons. The molecule has 37 heavy (non-hydrogen) atoms. The van der Waals surface area contributed by atoms with E-state index in [0.29, 0.717) is 22.8 Å². The van der Waals surface area contributed by atoms with E-state index in [1.165, 1.54) is 4.90 Å². The second-order valence-electron chi connectivity index (χ2n) is 9.53. The van der Waals surface area contributed by atoms with E-state index in [1.54, 1.807) is 37.3 Å². The van der Waals surface area contributed by atoms with Crippen LogP contribution < -0.4 is 10.6 Å². The maximum absolute atomic E-state index is 13.7. The number of aromatic nitrogens is 1. The number of nitrogens with zero attached hydrogens (tertiary/aromatic N) is 2. The van der Waals surface area contributed by atoms with E-state index in [-0.39, 0.29) is 42.9 Å². The van der Waals surface area contributed by atoms with Crippen LogP contribution in [0.25, 0.3) is 0 Å². The Morgan fingerprint density at radius 2 is 1.73 bits per heavy atom. The van der Waals surface area contributed by atoms with Gasteiger partial charge in [-0.2, -0.15) is 0 Å². The van der Waals surface area contributed by atoms with Gasteiger partial charge in [0.1, 0.15) is 11.8 Å². The number of hydrogen-bond acceptors (Lipinski definition) is 5. The topological polar surface area (TPSA) is 105 Å². The molecule has 3 aromatic rings. The number of amides is 3. The molecule has 9 heteroatoms. The first-order valence-electron chi connectivity index (χ1n) is 12.2. The Hall–Kier alpha value is -3.65. The van der Waals surface area contributed by atoms with Crippen molar-refractivity contribution in [1.82, 2.24) is 15.4 Å². The summed E-state index contributed by atoms with van der Waals surface area (Å²) >= 11 is 6.54. The first kappa shape index (κ1) is 27.9. The van der Waals surface area contributed by atoms with Gasteiger partial charge in [0.2, 0.25) is 17.7 Å². The lowest BCUT2D eigenvalue weighted by Gasteiger charge is -2.35. The van der Waals surface area contributed by atoms with Crippen LogP contribution in [0, 0.1) is 6.92 Å². The zero-order valence-corrected chi connectivity index (χ0v) is 22.3. The summed E-state index contributed by atoms with van der Waals surface area (Å²) < 4.78 is 4.97. The van der Waals surface area contributed by atoms with Crippen LogP contribution in [0.1, 0.15) is 63.0 Å². The lowest BCUT2D eigenvalue weighted by molar-refractivity contribution is -0.142. The minimum Gasteiger partial charge on any atom is -0.360 e. The molecule has 0 unspecified atom stereocenters. The van der Waals surface area contributed by atoms with Gasteiger partial charge in [-0.1, -0.05) is 72.2 Å². The Kier molecular flexibility index (Phi) is 9.47. The Balaban J connectivity index is 1.91. The third-order valence-electron chi connectivity index (χ3n) is 6.08. The summed E-state index contributed by atoms with van der Waals surface area (Å²) in [4.78, 5) is 41.4. The fourth-order valence-corrected chi connectivity index (χ4v) is 3.98. The minimum absolute atomic E-state index is 0.0899. The van der Waals surface area contributed by atoms with E-state index < -0.39 is 11.6 Å². The van der Waals surface area contributed by atoms with E-state index in [2.05, 4.69) is 15.8 Å². The summed E-state index contributed by atoms with van der Waals surface area (Å²) in [5.74, 6) is -0.237. The predicted octanol–water partition coefficient (Wildman–Crippen LogP) is 5.43. The molecule has 0 spiro atoms. The molecule has 3 rings (SSSR count). The van der Waals surface area contributed by atoms with Gasteiger partial charge in [-0.15, -0.1) is 0 Å². The third kappa shape index (κ3) is 7.92. The molecule has 1 heterocycles. The van der Waals surface area contributed by atoms with Crippen molar-refractivity contribution in [3.63, 3.8) is 0 Å². The van der Waals surface area contributed by atoms with Gasteiger partial charge < -0.3 is 20.1 Å². The summed E-state index contributed by atoms with van der Waals surface area (Å²) in [7, 11) is 0. The molecule has 0 saturated heterocycles. The Labute approximate surface area is 222 Å². The average molecular weight is 525 g/mol. The van der Waals surface area contributed by atoms with Crippen LogP contribution in [-0.2, 0) is 20.9 Å². The molecule has 0 bridgehead atoms. The summed E-state index contributed by atoms with van der Waals surface area (Å²) in [5.41, 5.74) is 0.867. The predicted molar refractivity (Wildman–Crippen MR) is 143 cm³/mol. The Bertz CT molecular complexity index is 1230. The van der Waals surface area contributed by atoms with Crippen molar-refractivity contribution in [3.8, 4) is 0 Å². The highest BCUT2D eigenvalue weighted by Crippen LogP contribution is 2.31. The molecular formula is C28H33ClN4O4. The Morgan fingerprint density at radius 1 is 1.05 bits per heavy atom. The molecule has 0 aliphatic carbocycles. The van der Waals surface area contributed by atoms with Crippen molar-refractivity contribution in [1.29, 1.82) is 0 Å². The van der Waals surface area contributed by atoms with Gasteiger partial charge in [-0.25, -0.2) is 0 Å². The SMILES string of the molecule is CCC(C)(C)NC(=O)[C@@H](c1ccccc1Cl)N(Cc1ccccc1)C(=O)CCC(=O)Nc1cc(C)on1. The number of hydrogen-bond donors (Lipinski definition) is 2. The molecule has 0 fully saturated rings. The molecule has 3 amide bonds. The van der Waals surface area contributed by atoms with Crippen LogP contribution in [0.4, 0.5) is 5.82 Å². The monoisotopic (exact) mass is 524 g/mol. The highest BCUT2D eigenvalue weighted by molar-refractivity contribution is 6.31. The lowest BCUT2D eigenvalue weighted by atomic mass is 9.98. The fraction of sp³-hybridized carbons (Fsp3) is 0.357. The van der Waals surface area contributed by atoms with Gasteiger partial charge in [-0.05, 0) is 38.8 Å². The number of halogens is 1. The normalized spacial score (nSPS) is 12.0. The Morgan fingerprint density at radius 3 is 2.35 bits per heavy atom. The summed E-state index contributed by atoms with van der Waals surface area (Å²) in [6, 6.07) is 17.0. The van der Waals surface area contributed by atoms with Crippen molar-refractivity contribution in [3.05, 3.63) is 82.6 Å². The van der Waals surface area contributed by atoms with Crippen LogP contribution in [-0.4, -0.2) is 33.3 Å². The number of benzene rings is 2. The maximum atomic E-state index is 13.7. The van der Waals surface area contributed by atoms with Gasteiger partial charge in [-0.3, -0.25) is 14.4 Å². The zero-order chi connectivity index (χ0) is 27.0. The van der Waals surface area contributed by atoms with Crippen molar-refractivity contribution >= 4 is 35.1 Å². The maximum Gasteiger partial charge on any atom is 0.247 e. The van der Waals surface area contributed by atoms with Crippen LogP contribution in [0.15, 0.2) is 65.2 Å². The standard InChI is InChI=1S/C28H33ClN4O4/c1-5-28(3,4)31-27(36)26(21-13-9-10-14-22(21)29)33(18-20-11-7-6-8-12-20)25(35)16-15-24(34)30-23-17-19(2)37-32-23/h6-14,17,26H,5,15-16,18H2,1-4H3,(H,31,36)(H,30,32,34)/t26-/m1/s1. The van der Waals surface area contributed by atoms with Crippen molar-refractivity contribution in [2.24, 2.45) is 0 Å².